The molecule has 0 spiro atoms. The molecule has 1 N–H and O–H groups in total. The molecular formula is C6H9NOS. The van der Waals surface area contributed by atoms with E-state index in [-0.39, 0.29) is 6.61 Å². The summed E-state index contributed by atoms with van der Waals surface area (Å²) in [4.78, 5) is 5.23. The Hall–Kier alpha value is -0.410. The topological polar surface area (TPSA) is 33.1 Å². The van der Waals surface area contributed by atoms with Gasteiger partial charge in [0.25, 0.3) is 0 Å². The van der Waals surface area contributed by atoms with Gasteiger partial charge in [0.15, 0.2) is 0 Å². The van der Waals surface area contributed by atoms with Crippen molar-refractivity contribution in [3.8, 4) is 0 Å². The molecular weight excluding hydrogens is 133 g/mol. The zero-order valence-electron chi connectivity index (χ0n) is 5.29. The van der Waals surface area contributed by atoms with Crippen LogP contribution in [0.15, 0.2) is 5.51 Å². The first-order valence-corrected chi connectivity index (χ1v) is 3.72. The lowest BCUT2D eigenvalue weighted by Gasteiger charge is -1.90. The molecule has 0 aliphatic heterocycles. The molecule has 0 fully saturated rings. The Kier molecular flexibility index (Phi) is 2.19. The molecule has 0 saturated carbocycles. The zero-order chi connectivity index (χ0) is 6.69. The minimum Gasteiger partial charge on any atom is -0.396 e. The quantitative estimate of drug-likeness (QED) is 0.668. The first kappa shape index (κ1) is 6.71. The summed E-state index contributed by atoms with van der Waals surface area (Å²) >= 11 is 1.60. The maximum Gasteiger partial charge on any atom is 0.0797 e. The molecule has 2 nitrogen and oxygen atoms in total. The second-order valence-corrected chi connectivity index (χ2v) is 2.77. The average molecular weight is 142 g/mol. The summed E-state index contributed by atoms with van der Waals surface area (Å²) in [5.41, 5.74) is 2.86. The highest BCUT2D eigenvalue weighted by Gasteiger charge is 1.97. The van der Waals surface area contributed by atoms with Gasteiger partial charge in [0, 0.05) is 17.9 Å². The highest BCUT2D eigenvalue weighted by molar-refractivity contribution is 7.09. The third-order valence-corrected chi connectivity index (χ3v) is 2.18. The second-order valence-electron chi connectivity index (χ2n) is 1.83. The van der Waals surface area contributed by atoms with Gasteiger partial charge in [-0.25, -0.2) is 4.98 Å². The normalized spacial score (nSPS) is 10.0. The molecule has 1 aromatic rings. The maximum atomic E-state index is 8.54. The first-order valence-electron chi connectivity index (χ1n) is 2.84. The van der Waals surface area contributed by atoms with Crippen molar-refractivity contribution in [2.45, 2.75) is 13.3 Å². The van der Waals surface area contributed by atoms with Crippen LogP contribution in [0.4, 0.5) is 0 Å². The standard InChI is InChI=1S/C6H9NOS/c1-5-6(2-3-8)9-4-7-5/h4,8H,2-3H2,1H3/i1-1. The van der Waals surface area contributed by atoms with Crippen molar-refractivity contribution in [1.82, 2.24) is 4.98 Å². The lowest BCUT2D eigenvalue weighted by Crippen LogP contribution is -1.88. The van der Waals surface area contributed by atoms with E-state index in [4.69, 9.17) is 5.11 Å². The largest absolute Gasteiger partial charge is 0.396 e. The Balaban J connectivity index is 2.69. The third-order valence-electron chi connectivity index (χ3n) is 1.18. The van der Waals surface area contributed by atoms with Crippen molar-refractivity contribution >= 4 is 11.3 Å². The van der Waals surface area contributed by atoms with Crippen LogP contribution in [-0.2, 0) is 6.42 Å². The summed E-state index contributed by atoms with van der Waals surface area (Å²) in [5.74, 6) is 0. The van der Waals surface area contributed by atoms with E-state index in [9.17, 15) is 0 Å². The summed E-state index contributed by atoms with van der Waals surface area (Å²) in [7, 11) is 0. The van der Waals surface area contributed by atoms with Crippen LogP contribution in [-0.4, -0.2) is 16.7 Å². The van der Waals surface area contributed by atoms with Crippen molar-refractivity contribution in [1.29, 1.82) is 0 Å². The molecule has 1 aromatic heterocycles. The van der Waals surface area contributed by atoms with Gasteiger partial charge < -0.3 is 5.11 Å². The van der Waals surface area contributed by atoms with Gasteiger partial charge in [-0.1, -0.05) is 0 Å². The maximum absolute atomic E-state index is 8.54. The van der Waals surface area contributed by atoms with Gasteiger partial charge >= 0.3 is 0 Å². The minimum atomic E-state index is 0.225. The molecule has 0 aromatic carbocycles. The molecule has 0 aliphatic carbocycles. The number of rotatable bonds is 2. The Morgan fingerprint density at radius 1 is 1.78 bits per heavy atom. The third kappa shape index (κ3) is 1.50. The fourth-order valence-corrected chi connectivity index (χ4v) is 1.44. The summed E-state index contributed by atoms with van der Waals surface area (Å²) in [6, 6.07) is 0. The number of thiazole rings is 1. The minimum absolute atomic E-state index is 0.225. The lowest BCUT2D eigenvalue weighted by atomic mass is 10.1. The van der Waals surface area contributed by atoms with Gasteiger partial charge in [0.2, 0.25) is 0 Å². The smallest absolute Gasteiger partial charge is 0.0797 e. The van der Waals surface area contributed by atoms with Gasteiger partial charge in [-0.2, -0.15) is 0 Å². The second kappa shape index (κ2) is 2.94. The monoisotopic (exact) mass is 142 g/mol. The average Bonchev–Trinajstić information content (AvgIpc) is 2.18. The molecule has 9 heavy (non-hydrogen) atoms. The Morgan fingerprint density at radius 3 is 3.00 bits per heavy atom. The zero-order valence-corrected chi connectivity index (χ0v) is 6.11. The van der Waals surface area contributed by atoms with E-state index in [1.807, 2.05) is 6.92 Å². The van der Waals surface area contributed by atoms with Crippen LogP contribution in [0.25, 0.3) is 0 Å². The predicted molar refractivity (Wildman–Crippen MR) is 37.6 cm³/mol. The molecule has 0 saturated heterocycles. The van der Waals surface area contributed by atoms with Crippen molar-refractivity contribution < 1.29 is 5.11 Å². The van der Waals surface area contributed by atoms with E-state index >= 15 is 0 Å². The summed E-state index contributed by atoms with van der Waals surface area (Å²) in [6.07, 6.45) is 0.747. The van der Waals surface area contributed by atoms with Crippen LogP contribution in [0.5, 0.6) is 0 Å². The van der Waals surface area contributed by atoms with E-state index in [2.05, 4.69) is 4.98 Å². The number of aromatic nitrogens is 1. The highest BCUT2D eigenvalue weighted by Crippen LogP contribution is 2.11. The van der Waals surface area contributed by atoms with Crippen LogP contribution >= 0.6 is 11.3 Å². The van der Waals surface area contributed by atoms with Gasteiger partial charge in [-0.15, -0.1) is 11.3 Å². The number of aliphatic hydroxyl groups is 1. The lowest BCUT2D eigenvalue weighted by molar-refractivity contribution is 0.300. The van der Waals surface area contributed by atoms with Crippen LogP contribution < -0.4 is 0 Å². The van der Waals surface area contributed by atoms with Gasteiger partial charge in [0.05, 0.1) is 11.2 Å². The van der Waals surface area contributed by atoms with Crippen molar-refractivity contribution in [3.63, 3.8) is 0 Å². The molecule has 0 unspecified atom stereocenters. The predicted octanol–water partition coefficient (Wildman–Crippen LogP) is 0.986. The number of hydrogen-bond donors (Lipinski definition) is 1. The number of aliphatic hydroxyl groups excluding tert-OH is 1. The van der Waals surface area contributed by atoms with Gasteiger partial charge in [-0.05, 0) is 6.92 Å². The summed E-state index contributed by atoms with van der Waals surface area (Å²) in [5, 5.41) is 8.54. The van der Waals surface area contributed by atoms with Crippen LogP contribution in [0.2, 0.25) is 0 Å². The fraction of sp³-hybridized carbons (Fsp3) is 0.500. The Bertz CT molecular complexity index is 185. The summed E-state index contributed by atoms with van der Waals surface area (Å²) < 4.78 is 0. The van der Waals surface area contributed by atoms with Crippen LogP contribution in [0.3, 0.4) is 0 Å². The molecule has 0 aliphatic rings. The molecule has 0 atom stereocenters. The molecule has 0 amide bonds. The molecule has 3 heteroatoms. The first-order chi connectivity index (χ1) is 4.34. The molecule has 0 radical (unpaired) electrons. The van der Waals surface area contributed by atoms with Crippen molar-refractivity contribution in [2.75, 3.05) is 6.61 Å². The van der Waals surface area contributed by atoms with Crippen LogP contribution in [0, 0.1) is 6.92 Å². The van der Waals surface area contributed by atoms with E-state index in [0.29, 0.717) is 0 Å². The van der Waals surface area contributed by atoms with Gasteiger partial charge in [0.1, 0.15) is 0 Å². The Labute approximate surface area is 58.2 Å². The van der Waals surface area contributed by atoms with Crippen molar-refractivity contribution in [2.24, 2.45) is 0 Å². The molecule has 0 bridgehead atoms. The highest BCUT2D eigenvalue weighted by atomic mass is 32.1. The molecule has 1 heterocycles. The number of hydrogen-bond acceptors (Lipinski definition) is 3. The van der Waals surface area contributed by atoms with E-state index in [0.717, 1.165) is 12.1 Å². The van der Waals surface area contributed by atoms with Crippen molar-refractivity contribution in [3.05, 3.63) is 16.1 Å². The molecule has 1 rings (SSSR count). The van der Waals surface area contributed by atoms with Crippen LogP contribution in [0.1, 0.15) is 10.6 Å². The molecule has 50 valence electrons. The van der Waals surface area contributed by atoms with E-state index in [1.165, 1.54) is 4.88 Å². The summed E-state index contributed by atoms with van der Waals surface area (Å²) in [6.45, 7) is 2.19. The Morgan fingerprint density at radius 2 is 2.56 bits per heavy atom. The van der Waals surface area contributed by atoms with Gasteiger partial charge in [-0.3, -0.25) is 0 Å². The van der Waals surface area contributed by atoms with E-state index < -0.39 is 0 Å². The number of aryl methyl sites for hydroxylation is 1. The number of nitrogens with zero attached hydrogens (tertiary/aromatic N) is 1. The SMILES string of the molecule is [11CH3]c1ncsc1CCO. The van der Waals surface area contributed by atoms with E-state index in [1.54, 1.807) is 16.8 Å². The fourth-order valence-electron chi connectivity index (χ4n) is 0.668.